The molecule has 0 aromatic heterocycles. The summed E-state index contributed by atoms with van der Waals surface area (Å²) in [5, 5.41) is 0. The van der Waals surface area contributed by atoms with Crippen molar-refractivity contribution >= 4 is 9.84 Å². The molecule has 0 aromatic carbocycles. The summed E-state index contributed by atoms with van der Waals surface area (Å²) in [7, 11) is -2.96. The van der Waals surface area contributed by atoms with E-state index in [1.54, 1.807) is 0 Å². The van der Waals surface area contributed by atoms with Crippen molar-refractivity contribution in [1.82, 2.24) is 19.6 Å². The molecule has 6 nitrogen and oxygen atoms in total. The van der Waals surface area contributed by atoms with Gasteiger partial charge in [-0.1, -0.05) is 27.7 Å². The fourth-order valence-electron chi connectivity index (χ4n) is 4.06. The smallest absolute Gasteiger partial charge is 0.152 e. The van der Waals surface area contributed by atoms with Crippen molar-refractivity contribution in [2.45, 2.75) is 27.7 Å². The van der Waals surface area contributed by atoms with Crippen molar-refractivity contribution in [3.8, 4) is 0 Å². The zero-order valence-electron chi connectivity index (χ0n) is 18.1. The number of hydrogen-bond donors (Lipinski definition) is 0. The highest BCUT2D eigenvalue weighted by Crippen LogP contribution is 2.08. The maximum Gasteiger partial charge on any atom is 0.152 e. The van der Waals surface area contributed by atoms with Crippen molar-refractivity contribution in [3.05, 3.63) is 0 Å². The Labute approximate surface area is 167 Å². The molecular weight excluding hydrogens is 360 g/mol. The molecule has 27 heavy (non-hydrogen) atoms. The lowest BCUT2D eigenvalue weighted by molar-refractivity contribution is 0.126. The molecule has 0 saturated carbocycles. The summed E-state index contributed by atoms with van der Waals surface area (Å²) in [6, 6.07) is 0. The Morgan fingerprint density at radius 1 is 0.593 bits per heavy atom. The predicted octanol–water partition coefficient (Wildman–Crippen LogP) is 0.948. The first-order valence-electron chi connectivity index (χ1n) is 10.8. The van der Waals surface area contributed by atoms with E-state index in [9.17, 15) is 8.42 Å². The normalized spacial score (nSPS) is 22.1. The van der Waals surface area contributed by atoms with Crippen LogP contribution in [0.4, 0.5) is 0 Å². The Morgan fingerprint density at radius 2 is 0.889 bits per heavy atom. The second kappa shape index (κ2) is 11.1. The van der Waals surface area contributed by atoms with Gasteiger partial charge in [0.15, 0.2) is 9.84 Å². The Morgan fingerprint density at radius 3 is 1.19 bits per heavy atom. The first-order valence-corrected chi connectivity index (χ1v) is 12.7. The number of rotatable bonds is 10. The Balaban J connectivity index is 1.61. The molecule has 0 N–H and O–H groups in total. The van der Waals surface area contributed by atoms with Gasteiger partial charge in [0, 0.05) is 78.5 Å². The zero-order chi connectivity index (χ0) is 19.9. The van der Waals surface area contributed by atoms with E-state index in [0.717, 1.165) is 65.4 Å². The van der Waals surface area contributed by atoms with Gasteiger partial charge in [0.2, 0.25) is 0 Å². The van der Waals surface area contributed by atoms with Crippen molar-refractivity contribution in [2.24, 2.45) is 11.8 Å². The fourth-order valence-corrected chi connectivity index (χ4v) is 5.34. The Kier molecular flexibility index (Phi) is 9.48. The minimum Gasteiger partial charge on any atom is -0.301 e. The minimum atomic E-state index is -2.96. The number of hydrogen-bond acceptors (Lipinski definition) is 6. The van der Waals surface area contributed by atoms with Gasteiger partial charge in [0.25, 0.3) is 0 Å². The van der Waals surface area contributed by atoms with Crippen LogP contribution in [0, 0.1) is 11.8 Å². The van der Waals surface area contributed by atoms with Gasteiger partial charge >= 0.3 is 0 Å². The van der Waals surface area contributed by atoms with Crippen LogP contribution in [0.15, 0.2) is 0 Å². The molecule has 0 spiro atoms. The standard InChI is InChI=1S/C20H42N4O2S/c1-19(2)17-23-9-5-21(6-10-23)13-15-27(25,26)16-14-22-7-11-24(12-8-22)18-20(3)4/h19-20H,5-18H2,1-4H3. The maximum atomic E-state index is 12.5. The highest BCUT2D eigenvalue weighted by molar-refractivity contribution is 7.91. The summed E-state index contributed by atoms with van der Waals surface area (Å²) in [5.74, 6) is 2.02. The molecule has 0 radical (unpaired) electrons. The van der Waals surface area contributed by atoms with Gasteiger partial charge < -0.3 is 9.80 Å². The molecule has 2 rings (SSSR count). The van der Waals surface area contributed by atoms with Crippen molar-refractivity contribution in [2.75, 3.05) is 90.0 Å². The lowest BCUT2D eigenvalue weighted by atomic mass is 10.2. The van der Waals surface area contributed by atoms with Gasteiger partial charge in [-0.25, -0.2) is 8.42 Å². The molecule has 0 atom stereocenters. The van der Waals surface area contributed by atoms with Gasteiger partial charge in [-0.05, 0) is 11.8 Å². The quantitative estimate of drug-likeness (QED) is 0.542. The second-order valence-electron chi connectivity index (χ2n) is 9.22. The highest BCUT2D eigenvalue weighted by atomic mass is 32.2. The van der Waals surface area contributed by atoms with Gasteiger partial charge in [0.05, 0.1) is 11.5 Å². The molecule has 0 aromatic rings. The van der Waals surface area contributed by atoms with E-state index >= 15 is 0 Å². The summed E-state index contributed by atoms with van der Waals surface area (Å²) in [6.07, 6.45) is 0. The molecule has 2 saturated heterocycles. The molecule has 0 bridgehead atoms. The van der Waals surface area contributed by atoms with E-state index in [2.05, 4.69) is 47.3 Å². The summed E-state index contributed by atoms with van der Waals surface area (Å²) in [4.78, 5) is 9.63. The van der Waals surface area contributed by atoms with Crippen molar-refractivity contribution in [3.63, 3.8) is 0 Å². The van der Waals surface area contributed by atoms with Crippen LogP contribution in [-0.2, 0) is 9.84 Å². The number of sulfone groups is 1. The molecule has 7 heteroatoms. The molecule has 2 aliphatic rings. The van der Waals surface area contributed by atoms with Crippen molar-refractivity contribution < 1.29 is 8.42 Å². The van der Waals surface area contributed by atoms with Gasteiger partial charge in [-0.2, -0.15) is 0 Å². The van der Waals surface area contributed by atoms with Crippen LogP contribution in [0.25, 0.3) is 0 Å². The van der Waals surface area contributed by atoms with Crippen LogP contribution in [0.2, 0.25) is 0 Å². The largest absolute Gasteiger partial charge is 0.301 e. The van der Waals surface area contributed by atoms with Crippen LogP contribution in [0.3, 0.4) is 0 Å². The number of nitrogens with zero attached hydrogens (tertiary/aromatic N) is 4. The van der Waals surface area contributed by atoms with Gasteiger partial charge in [0.1, 0.15) is 0 Å². The average Bonchev–Trinajstić information content (AvgIpc) is 2.60. The highest BCUT2D eigenvalue weighted by Gasteiger charge is 2.22. The van der Waals surface area contributed by atoms with E-state index in [1.165, 1.54) is 0 Å². The Bertz CT molecular complexity index is 468. The summed E-state index contributed by atoms with van der Waals surface area (Å²) in [5.41, 5.74) is 0. The third kappa shape index (κ3) is 9.22. The predicted molar refractivity (Wildman–Crippen MR) is 114 cm³/mol. The molecular formula is C20H42N4O2S. The van der Waals surface area contributed by atoms with Crippen LogP contribution < -0.4 is 0 Å². The third-order valence-corrected chi connectivity index (χ3v) is 7.22. The fraction of sp³-hybridized carbons (Fsp3) is 1.00. The summed E-state index contributed by atoms with van der Waals surface area (Å²) in [6.45, 7) is 21.0. The summed E-state index contributed by atoms with van der Waals surface area (Å²) >= 11 is 0. The van der Waals surface area contributed by atoms with E-state index < -0.39 is 9.84 Å². The molecule has 2 heterocycles. The van der Waals surface area contributed by atoms with Gasteiger partial charge in [-0.15, -0.1) is 0 Å². The van der Waals surface area contributed by atoms with E-state index in [-0.39, 0.29) is 0 Å². The lowest BCUT2D eigenvalue weighted by Gasteiger charge is -2.36. The van der Waals surface area contributed by atoms with Crippen LogP contribution in [0.5, 0.6) is 0 Å². The molecule has 160 valence electrons. The first kappa shape index (κ1) is 23.1. The van der Waals surface area contributed by atoms with E-state index in [0.29, 0.717) is 36.4 Å². The van der Waals surface area contributed by atoms with Crippen molar-refractivity contribution in [1.29, 1.82) is 0 Å². The van der Waals surface area contributed by atoms with Crippen LogP contribution in [-0.4, -0.2) is 118 Å². The SMILES string of the molecule is CC(C)CN1CCN(CCS(=O)(=O)CCN2CCN(CC(C)C)CC2)CC1. The third-order valence-electron chi connectivity index (χ3n) is 5.61. The first-order chi connectivity index (χ1) is 12.7. The van der Waals surface area contributed by atoms with Crippen LogP contribution in [0.1, 0.15) is 27.7 Å². The van der Waals surface area contributed by atoms with Crippen LogP contribution >= 0.6 is 0 Å². The Hall–Kier alpha value is -0.210. The summed E-state index contributed by atoms with van der Waals surface area (Å²) < 4.78 is 24.9. The lowest BCUT2D eigenvalue weighted by Crippen LogP contribution is -2.49. The molecule has 2 fully saturated rings. The van der Waals surface area contributed by atoms with E-state index in [1.807, 2.05) is 0 Å². The molecule has 0 amide bonds. The maximum absolute atomic E-state index is 12.5. The minimum absolute atomic E-state index is 0.310. The number of piperazine rings is 2. The second-order valence-corrected chi connectivity index (χ2v) is 11.5. The average molecular weight is 403 g/mol. The van der Waals surface area contributed by atoms with Gasteiger partial charge in [-0.3, -0.25) is 9.80 Å². The molecule has 2 aliphatic heterocycles. The monoisotopic (exact) mass is 402 g/mol. The molecule has 0 unspecified atom stereocenters. The molecule has 0 aliphatic carbocycles. The zero-order valence-corrected chi connectivity index (χ0v) is 18.9. The topological polar surface area (TPSA) is 47.1 Å². The van der Waals surface area contributed by atoms with E-state index in [4.69, 9.17) is 0 Å².